The van der Waals surface area contributed by atoms with Gasteiger partial charge in [0.05, 0.1) is 0 Å². The molecule has 0 spiro atoms. The van der Waals surface area contributed by atoms with Gasteiger partial charge >= 0.3 is 12.1 Å². The minimum atomic E-state index is -1.01. The number of nitrogens with one attached hydrogen (secondary N) is 1. The van der Waals surface area contributed by atoms with Crippen molar-refractivity contribution in [3.05, 3.63) is 59.7 Å². The molecule has 2 aliphatic rings. The average molecular weight is 451 g/mol. The van der Waals surface area contributed by atoms with Gasteiger partial charge < -0.3 is 20.1 Å². The number of carboxylic acid groups (broad SMARTS) is 1. The molecule has 0 bridgehead atoms. The predicted octanol–water partition coefficient (Wildman–Crippen LogP) is 4.02. The Morgan fingerprint density at radius 1 is 1.03 bits per heavy atom. The number of benzene rings is 2. The number of likely N-dealkylation sites (tertiary alicyclic amines) is 1. The van der Waals surface area contributed by atoms with Crippen LogP contribution in [0.3, 0.4) is 0 Å². The van der Waals surface area contributed by atoms with Crippen molar-refractivity contribution in [1.29, 1.82) is 0 Å². The Balaban J connectivity index is 1.44. The molecule has 0 radical (unpaired) electrons. The lowest BCUT2D eigenvalue weighted by molar-refractivity contribution is -0.153. The molecule has 2 atom stereocenters. The quantitative estimate of drug-likeness (QED) is 0.693. The van der Waals surface area contributed by atoms with Crippen molar-refractivity contribution in [2.45, 2.75) is 51.1 Å². The van der Waals surface area contributed by atoms with E-state index in [9.17, 15) is 19.5 Å². The molecule has 2 aromatic carbocycles. The van der Waals surface area contributed by atoms with Crippen molar-refractivity contribution in [3.63, 3.8) is 0 Å². The zero-order valence-corrected chi connectivity index (χ0v) is 19.0. The summed E-state index contributed by atoms with van der Waals surface area (Å²) in [5.74, 6) is -1.67. The molecule has 1 heterocycles. The fourth-order valence-electron chi connectivity index (χ4n) is 4.91. The first-order valence-corrected chi connectivity index (χ1v) is 11.5. The molecule has 1 fully saturated rings. The summed E-state index contributed by atoms with van der Waals surface area (Å²) in [5.41, 5.74) is 4.51. The van der Waals surface area contributed by atoms with Gasteiger partial charge in [-0.05, 0) is 47.4 Å². The number of carbonyl (C=O) groups excluding carboxylic acids is 2. The zero-order chi connectivity index (χ0) is 23.5. The number of hydrogen-bond donors (Lipinski definition) is 2. The van der Waals surface area contributed by atoms with Crippen molar-refractivity contribution in [2.24, 2.45) is 5.92 Å². The van der Waals surface area contributed by atoms with Crippen LogP contribution < -0.4 is 5.32 Å². The third-order valence-electron chi connectivity index (χ3n) is 6.62. The van der Waals surface area contributed by atoms with Crippen LogP contribution in [0.1, 0.15) is 50.2 Å². The van der Waals surface area contributed by atoms with E-state index in [1.807, 2.05) is 50.2 Å². The van der Waals surface area contributed by atoms with Crippen LogP contribution in [0, 0.1) is 5.92 Å². The molecule has 1 saturated heterocycles. The zero-order valence-electron chi connectivity index (χ0n) is 19.0. The fourth-order valence-corrected chi connectivity index (χ4v) is 4.91. The van der Waals surface area contributed by atoms with Crippen LogP contribution in [0.2, 0.25) is 0 Å². The largest absolute Gasteiger partial charge is 0.480 e. The lowest BCUT2D eigenvalue weighted by atomic mass is 9.97. The SMILES string of the molecule is CC(C)[C@H](NC(=O)OCC1c2ccccc2-c2ccccc21)C(=O)N1CCCC[C@H]1C(=O)O. The second-order valence-electron chi connectivity index (χ2n) is 9.07. The molecule has 174 valence electrons. The molecule has 1 aliphatic heterocycles. The number of fused-ring (bicyclic) bond motifs is 3. The molecular weight excluding hydrogens is 420 g/mol. The first-order chi connectivity index (χ1) is 15.9. The molecule has 1 aliphatic carbocycles. The number of alkyl carbamates (subject to hydrolysis) is 1. The summed E-state index contributed by atoms with van der Waals surface area (Å²) in [6.45, 7) is 4.18. The Morgan fingerprint density at radius 3 is 2.21 bits per heavy atom. The maximum absolute atomic E-state index is 13.2. The van der Waals surface area contributed by atoms with Gasteiger partial charge in [-0.2, -0.15) is 0 Å². The number of carboxylic acids is 1. The Bertz CT molecular complexity index is 1000. The minimum absolute atomic E-state index is 0.0742. The minimum Gasteiger partial charge on any atom is -0.480 e. The van der Waals surface area contributed by atoms with Gasteiger partial charge in [-0.15, -0.1) is 0 Å². The van der Waals surface area contributed by atoms with E-state index >= 15 is 0 Å². The van der Waals surface area contributed by atoms with Gasteiger partial charge in [0.2, 0.25) is 5.91 Å². The third kappa shape index (κ3) is 4.58. The number of ether oxygens (including phenoxy) is 1. The van der Waals surface area contributed by atoms with Crippen LogP contribution in [-0.4, -0.2) is 53.2 Å². The molecule has 2 N–H and O–H groups in total. The molecule has 0 saturated carbocycles. The maximum Gasteiger partial charge on any atom is 0.407 e. The summed E-state index contributed by atoms with van der Waals surface area (Å²) in [6.07, 6.45) is 1.28. The molecular formula is C26H30N2O5. The van der Waals surface area contributed by atoms with Crippen molar-refractivity contribution in [1.82, 2.24) is 10.2 Å². The molecule has 7 nitrogen and oxygen atoms in total. The maximum atomic E-state index is 13.2. The summed E-state index contributed by atoms with van der Waals surface area (Å²) < 4.78 is 5.60. The van der Waals surface area contributed by atoms with Crippen molar-refractivity contribution < 1.29 is 24.2 Å². The third-order valence-corrected chi connectivity index (χ3v) is 6.62. The second kappa shape index (κ2) is 9.65. The van der Waals surface area contributed by atoms with Gasteiger partial charge in [-0.1, -0.05) is 62.4 Å². The summed E-state index contributed by atoms with van der Waals surface area (Å²) in [6, 6.07) is 14.5. The fraction of sp³-hybridized carbons (Fsp3) is 0.423. The first kappa shape index (κ1) is 22.8. The lowest BCUT2D eigenvalue weighted by Gasteiger charge is -2.36. The van der Waals surface area contributed by atoms with E-state index in [0.717, 1.165) is 35.1 Å². The number of rotatable bonds is 6. The average Bonchev–Trinajstić information content (AvgIpc) is 3.14. The topological polar surface area (TPSA) is 95.9 Å². The van der Waals surface area contributed by atoms with Gasteiger partial charge in [0.15, 0.2) is 0 Å². The number of hydrogen-bond acceptors (Lipinski definition) is 4. The van der Waals surface area contributed by atoms with Crippen LogP contribution in [0.5, 0.6) is 0 Å². The van der Waals surface area contributed by atoms with E-state index in [-0.39, 0.29) is 24.3 Å². The van der Waals surface area contributed by atoms with Crippen LogP contribution in [0.25, 0.3) is 11.1 Å². The second-order valence-corrected chi connectivity index (χ2v) is 9.07. The van der Waals surface area contributed by atoms with Gasteiger partial charge in [0, 0.05) is 12.5 Å². The molecule has 2 amide bonds. The Hall–Kier alpha value is -3.35. The van der Waals surface area contributed by atoms with Crippen LogP contribution >= 0.6 is 0 Å². The van der Waals surface area contributed by atoms with E-state index in [0.29, 0.717) is 13.0 Å². The number of nitrogens with zero attached hydrogens (tertiary/aromatic N) is 1. The summed E-state index contributed by atoms with van der Waals surface area (Å²) in [4.78, 5) is 38.9. The number of carbonyl (C=O) groups is 3. The number of amides is 2. The summed E-state index contributed by atoms with van der Waals surface area (Å²) in [5, 5.41) is 12.2. The Labute approximate surface area is 193 Å². The van der Waals surface area contributed by atoms with Gasteiger partial charge in [-0.25, -0.2) is 9.59 Å². The molecule has 4 rings (SSSR count). The van der Waals surface area contributed by atoms with E-state index in [4.69, 9.17) is 4.74 Å². The summed E-state index contributed by atoms with van der Waals surface area (Å²) in [7, 11) is 0. The molecule has 33 heavy (non-hydrogen) atoms. The standard InChI is InChI=1S/C26H30N2O5/c1-16(2)23(24(29)28-14-8-7-13-22(28)25(30)31)27-26(32)33-15-21-19-11-5-3-9-17(19)18-10-4-6-12-20(18)21/h3-6,9-12,16,21-23H,7-8,13-15H2,1-2H3,(H,27,32)(H,30,31)/t22-,23-/m0/s1. The molecule has 2 aromatic rings. The van der Waals surface area contributed by atoms with Gasteiger partial charge in [-0.3, -0.25) is 4.79 Å². The van der Waals surface area contributed by atoms with Crippen LogP contribution in [0.4, 0.5) is 4.79 Å². The van der Waals surface area contributed by atoms with Gasteiger partial charge in [0.1, 0.15) is 18.7 Å². The van der Waals surface area contributed by atoms with Crippen LogP contribution in [-0.2, 0) is 14.3 Å². The molecule has 0 unspecified atom stereocenters. The lowest BCUT2D eigenvalue weighted by Crippen LogP contribution is -2.57. The summed E-state index contributed by atoms with van der Waals surface area (Å²) >= 11 is 0. The van der Waals surface area contributed by atoms with E-state index in [1.54, 1.807) is 0 Å². The highest BCUT2D eigenvalue weighted by Gasteiger charge is 2.37. The van der Waals surface area contributed by atoms with Crippen molar-refractivity contribution >= 4 is 18.0 Å². The highest BCUT2D eigenvalue weighted by Crippen LogP contribution is 2.44. The van der Waals surface area contributed by atoms with E-state index < -0.39 is 24.1 Å². The first-order valence-electron chi connectivity index (χ1n) is 11.5. The van der Waals surface area contributed by atoms with E-state index in [1.165, 1.54) is 4.90 Å². The predicted molar refractivity (Wildman–Crippen MR) is 124 cm³/mol. The van der Waals surface area contributed by atoms with E-state index in [2.05, 4.69) is 17.4 Å². The van der Waals surface area contributed by atoms with Crippen LogP contribution in [0.15, 0.2) is 48.5 Å². The monoisotopic (exact) mass is 450 g/mol. The normalized spacial score (nSPS) is 18.4. The highest BCUT2D eigenvalue weighted by molar-refractivity contribution is 5.89. The van der Waals surface area contributed by atoms with Crippen molar-refractivity contribution in [2.75, 3.05) is 13.2 Å². The highest BCUT2D eigenvalue weighted by atomic mass is 16.5. The molecule has 7 heteroatoms. The smallest absolute Gasteiger partial charge is 0.407 e. The van der Waals surface area contributed by atoms with Crippen molar-refractivity contribution in [3.8, 4) is 11.1 Å². The number of aliphatic carboxylic acids is 1. The Morgan fingerprint density at radius 2 is 1.64 bits per heavy atom. The Kier molecular flexibility index (Phi) is 6.67. The number of piperidine rings is 1. The van der Waals surface area contributed by atoms with Gasteiger partial charge in [0.25, 0.3) is 0 Å². The molecule has 0 aromatic heterocycles.